The predicted octanol–water partition coefficient (Wildman–Crippen LogP) is 1.97. The second-order valence-electron chi connectivity index (χ2n) is 4.60. The van der Waals surface area contributed by atoms with E-state index in [9.17, 15) is 13.5 Å². The molecule has 100 valence electrons. The molecule has 0 saturated heterocycles. The highest BCUT2D eigenvalue weighted by Gasteiger charge is 2.26. The van der Waals surface area contributed by atoms with E-state index in [1.54, 1.807) is 13.0 Å². The summed E-state index contributed by atoms with van der Waals surface area (Å²) in [5.41, 5.74) is 1.09. The van der Waals surface area contributed by atoms with Gasteiger partial charge in [0.05, 0.1) is 11.5 Å². The van der Waals surface area contributed by atoms with E-state index in [0.717, 1.165) is 19.3 Å². The molecule has 0 bridgehead atoms. The van der Waals surface area contributed by atoms with Crippen LogP contribution in [0.25, 0.3) is 0 Å². The first kappa shape index (κ1) is 13.8. The van der Waals surface area contributed by atoms with Gasteiger partial charge in [-0.1, -0.05) is 18.0 Å². The topological polar surface area (TPSA) is 66.4 Å². The first-order valence-electron chi connectivity index (χ1n) is 5.86. The van der Waals surface area contributed by atoms with Crippen molar-refractivity contribution in [1.82, 2.24) is 4.72 Å². The number of hydrogen-bond acceptors (Lipinski definition) is 3. The zero-order chi connectivity index (χ0) is 13.3. The van der Waals surface area contributed by atoms with E-state index < -0.39 is 10.0 Å². The highest BCUT2D eigenvalue weighted by atomic mass is 35.5. The van der Waals surface area contributed by atoms with Gasteiger partial charge in [-0.15, -0.1) is 0 Å². The monoisotopic (exact) mass is 289 g/mol. The summed E-state index contributed by atoms with van der Waals surface area (Å²) >= 11 is 5.89. The van der Waals surface area contributed by atoms with Crippen LogP contribution in [0.15, 0.2) is 17.0 Å². The van der Waals surface area contributed by atoms with Gasteiger partial charge in [0.1, 0.15) is 0 Å². The summed E-state index contributed by atoms with van der Waals surface area (Å²) in [5, 5.41) is 9.52. The van der Waals surface area contributed by atoms with E-state index in [2.05, 4.69) is 4.72 Å². The number of hydrogen-bond donors (Lipinski definition) is 2. The second kappa shape index (κ2) is 5.17. The fourth-order valence-electron chi connectivity index (χ4n) is 1.96. The van der Waals surface area contributed by atoms with E-state index >= 15 is 0 Å². The predicted molar refractivity (Wildman–Crippen MR) is 70.1 cm³/mol. The Morgan fingerprint density at radius 1 is 1.44 bits per heavy atom. The Morgan fingerprint density at radius 2 is 2.11 bits per heavy atom. The second-order valence-corrected chi connectivity index (χ2v) is 6.71. The minimum Gasteiger partial charge on any atom is -0.392 e. The Morgan fingerprint density at radius 3 is 2.61 bits per heavy atom. The van der Waals surface area contributed by atoms with Crippen LogP contribution in [0.2, 0.25) is 5.02 Å². The summed E-state index contributed by atoms with van der Waals surface area (Å²) in [6, 6.07) is 3.04. The molecular weight excluding hydrogens is 274 g/mol. The van der Waals surface area contributed by atoms with E-state index in [4.69, 9.17) is 11.6 Å². The molecule has 6 heteroatoms. The van der Waals surface area contributed by atoms with Crippen molar-refractivity contribution in [3.63, 3.8) is 0 Å². The molecule has 1 saturated carbocycles. The van der Waals surface area contributed by atoms with E-state index in [1.165, 1.54) is 6.07 Å². The summed E-state index contributed by atoms with van der Waals surface area (Å²) in [6.07, 6.45) is 2.82. The normalized spacial score (nSPS) is 16.6. The number of halogens is 1. The van der Waals surface area contributed by atoms with Crippen LogP contribution >= 0.6 is 11.6 Å². The van der Waals surface area contributed by atoms with Crippen molar-refractivity contribution < 1.29 is 13.5 Å². The highest BCUT2D eigenvalue weighted by Crippen LogP contribution is 2.26. The molecule has 0 amide bonds. The Balaban J connectivity index is 2.39. The smallest absolute Gasteiger partial charge is 0.241 e. The zero-order valence-corrected chi connectivity index (χ0v) is 11.7. The summed E-state index contributed by atoms with van der Waals surface area (Å²) in [7, 11) is -3.55. The van der Waals surface area contributed by atoms with Crippen LogP contribution in [0.4, 0.5) is 0 Å². The van der Waals surface area contributed by atoms with Crippen LogP contribution in [0.1, 0.15) is 30.4 Å². The summed E-state index contributed by atoms with van der Waals surface area (Å²) in [4.78, 5) is 0.158. The van der Waals surface area contributed by atoms with Crippen molar-refractivity contribution in [3.05, 3.63) is 28.3 Å². The third kappa shape index (κ3) is 2.69. The third-order valence-electron chi connectivity index (χ3n) is 3.32. The summed E-state index contributed by atoms with van der Waals surface area (Å²) < 4.78 is 27.1. The van der Waals surface area contributed by atoms with Gasteiger partial charge in [0, 0.05) is 11.1 Å². The van der Waals surface area contributed by atoms with Gasteiger partial charge in [-0.05, 0) is 43.0 Å². The third-order valence-corrected chi connectivity index (χ3v) is 5.18. The van der Waals surface area contributed by atoms with Crippen molar-refractivity contribution in [2.24, 2.45) is 0 Å². The standard InChI is InChI=1S/C12H16ClNO3S/c1-8-9(7-15)5-10(13)6-12(8)18(16,17)14-11-3-2-4-11/h5-6,11,14-15H,2-4,7H2,1H3. The van der Waals surface area contributed by atoms with Crippen molar-refractivity contribution in [1.29, 1.82) is 0 Å². The summed E-state index contributed by atoms with van der Waals surface area (Å²) in [6.45, 7) is 1.45. The van der Waals surface area contributed by atoms with Crippen LogP contribution in [-0.2, 0) is 16.6 Å². The minimum atomic E-state index is -3.55. The molecule has 1 aromatic carbocycles. The first-order chi connectivity index (χ1) is 8.44. The van der Waals surface area contributed by atoms with Crippen molar-refractivity contribution in [2.75, 3.05) is 0 Å². The molecule has 0 unspecified atom stereocenters. The average molecular weight is 290 g/mol. The molecule has 1 fully saturated rings. The average Bonchev–Trinajstić information content (AvgIpc) is 2.26. The molecule has 0 atom stereocenters. The van der Waals surface area contributed by atoms with Crippen LogP contribution in [-0.4, -0.2) is 19.6 Å². The molecule has 0 aromatic heterocycles. The van der Waals surface area contributed by atoms with Crippen molar-refractivity contribution in [2.45, 2.75) is 43.7 Å². The number of sulfonamides is 1. The SMILES string of the molecule is Cc1c(CO)cc(Cl)cc1S(=O)(=O)NC1CCC1. The largest absolute Gasteiger partial charge is 0.392 e. The maximum atomic E-state index is 12.2. The lowest BCUT2D eigenvalue weighted by Crippen LogP contribution is -2.39. The molecule has 2 rings (SSSR count). The van der Waals surface area contributed by atoms with Gasteiger partial charge in [-0.25, -0.2) is 13.1 Å². The zero-order valence-electron chi connectivity index (χ0n) is 10.1. The number of rotatable bonds is 4. The van der Waals surface area contributed by atoms with Gasteiger partial charge in [0.25, 0.3) is 0 Å². The Bertz CT molecular complexity index is 553. The van der Waals surface area contributed by atoms with Crippen molar-refractivity contribution in [3.8, 4) is 0 Å². The van der Waals surface area contributed by atoms with Crippen LogP contribution < -0.4 is 4.72 Å². The van der Waals surface area contributed by atoms with Gasteiger partial charge in [0.15, 0.2) is 0 Å². The minimum absolute atomic E-state index is 0.0333. The fraction of sp³-hybridized carbons (Fsp3) is 0.500. The highest BCUT2D eigenvalue weighted by molar-refractivity contribution is 7.89. The van der Waals surface area contributed by atoms with E-state index in [1.807, 2.05) is 0 Å². The molecule has 0 aliphatic heterocycles. The number of nitrogens with one attached hydrogen (secondary N) is 1. The molecule has 0 radical (unpaired) electrons. The number of aliphatic hydroxyl groups excluding tert-OH is 1. The lowest BCUT2D eigenvalue weighted by atomic mass is 9.94. The molecule has 4 nitrogen and oxygen atoms in total. The first-order valence-corrected chi connectivity index (χ1v) is 7.72. The molecule has 2 N–H and O–H groups in total. The van der Waals surface area contributed by atoms with Gasteiger partial charge in [-0.2, -0.15) is 0 Å². The number of aliphatic hydroxyl groups is 1. The molecule has 0 spiro atoms. The fourth-order valence-corrected chi connectivity index (χ4v) is 3.88. The Hall–Kier alpha value is -0.620. The molecule has 1 aromatic rings. The lowest BCUT2D eigenvalue weighted by Gasteiger charge is -2.26. The Kier molecular flexibility index (Phi) is 3.96. The van der Waals surface area contributed by atoms with E-state index in [-0.39, 0.29) is 17.5 Å². The number of benzene rings is 1. The molecule has 18 heavy (non-hydrogen) atoms. The lowest BCUT2D eigenvalue weighted by molar-refractivity contribution is 0.280. The molecule has 0 heterocycles. The quantitative estimate of drug-likeness (QED) is 0.890. The maximum absolute atomic E-state index is 12.2. The van der Waals surface area contributed by atoms with Crippen LogP contribution in [0, 0.1) is 6.92 Å². The molecular formula is C12H16ClNO3S. The van der Waals surface area contributed by atoms with Gasteiger partial charge in [-0.3, -0.25) is 0 Å². The van der Waals surface area contributed by atoms with Gasteiger partial charge < -0.3 is 5.11 Å². The van der Waals surface area contributed by atoms with Crippen LogP contribution in [0.5, 0.6) is 0 Å². The van der Waals surface area contributed by atoms with E-state index in [0.29, 0.717) is 16.1 Å². The Labute approximate surface area is 112 Å². The molecule has 1 aliphatic rings. The van der Waals surface area contributed by atoms with Crippen LogP contribution in [0.3, 0.4) is 0 Å². The van der Waals surface area contributed by atoms with Gasteiger partial charge in [0.2, 0.25) is 10.0 Å². The molecule has 1 aliphatic carbocycles. The van der Waals surface area contributed by atoms with Crippen molar-refractivity contribution >= 4 is 21.6 Å². The maximum Gasteiger partial charge on any atom is 0.241 e. The summed E-state index contributed by atoms with van der Waals surface area (Å²) in [5.74, 6) is 0. The van der Waals surface area contributed by atoms with Gasteiger partial charge >= 0.3 is 0 Å².